The van der Waals surface area contributed by atoms with E-state index < -0.39 is 0 Å². The summed E-state index contributed by atoms with van der Waals surface area (Å²) in [5.74, 6) is 1.52. The maximum Gasteiger partial charge on any atom is 0.269 e. The van der Waals surface area contributed by atoms with Gasteiger partial charge in [-0.3, -0.25) is 9.48 Å². The molecule has 8 heteroatoms. The first-order valence-corrected chi connectivity index (χ1v) is 10.4. The van der Waals surface area contributed by atoms with Gasteiger partial charge in [0.25, 0.3) is 5.91 Å². The van der Waals surface area contributed by atoms with Crippen molar-refractivity contribution in [2.75, 3.05) is 24.3 Å². The minimum absolute atomic E-state index is 0.0528. The summed E-state index contributed by atoms with van der Waals surface area (Å²) >= 11 is 0. The Bertz CT molecular complexity index is 1050. The molecule has 0 saturated heterocycles. The molecule has 0 atom stereocenters. The zero-order valence-corrected chi connectivity index (χ0v) is 18.0. The Morgan fingerprint density at radius 2 is 1.80 bits per heavy atom. The van der Waals surface area contributed by atoms with Crippen LogP contribution in [-0.2, 0) is 7.05 Å². The lowest BCUT2D eigenvalue weighted by molar-refractivity contribution is 0.0917. The van der Waals surface area contributed by atoms with Gasteiger partial charge in [-0.15, -0.1) is 0 Å². The van der Waals surface area contributed by atoms with E-state index in [0.717, 1.165) is 48.1 Å². The van der Waals surface area contributed by atoms with Crippen molar-refractivity contribution >= 4 is 28.6 Å². The van der Waals surface area contributed by atoms with E-state index in [2.05, 4.69) is 15.7 Å². The number of para-hydroxylation sites is 1. The number of amides is 1. The van der Waals surface area contributed by atoms with Crippen molar-refractivity contribution in [3.63, 3.8) is 0 Å². The average Bonchev–Trinajstić information content (AvgIpc) is 3.07. The number of nitrogens with zero attached hydrogens (tertiary/aromatic N) is 5. The molecule has 0 bridgehead atoms. The minimum Gasteiger partial charge on any atom is -0.362 e. The van der Waals surface area contributed by atoms with Gasteiger partial charge in [0.1, 0.15) is 11.5 Å². The maximum absolute atomic E-state index is 12.5. The van der Waals surface area contributed by atoms with E-state index in [1.165, 1.54) is 0 Å². The summed E-state index contributed by atoms with van der Waals surface area (Å²) in [6, 6.07) is 10.4. The molecule has 158 valence electrons. The van der Waals surface area contributed by atoms with Crippen molar-refractivity contribution in [2.45, 2.75) is 44.7 Å². The monoisotopic (exact) mass is 407 g/mol. The Balaban J connectivity index is 1.38. The highest BCUT2D eigenvalue weighted by molar-refractivity contribution is 5.93. The lowest BCUT2D eigenvalue weighted by Crippen LogP contribution is -2.40. The van der Waals surface area contributed by atoms with E-state index in [1.807, 2.05) is 56.3 Å². The maximum atomic E-state index is 12.5. The normalized spacial score (nSPS) is 18.9. The van der Waals surface area contributed by atoms with Gasteiger partial charge in [0.2, 0.25) is 5.95 Å². The first-order valence-electron chi connectivity index (χ1n) is 10.4. The lowest BCUT2D eigenvalue weighted by Gasteiger charge is -2.30. The Hall–Kier alpha value is -3.16. The average molecular weight is 408 g/mol. The van der Waals surface area contributed by atoms with E-state index in [9.17, 15) is 4.79 Å². The quantitative estimate of drug-likeness (QED) is 0.676. The Morgan fingerprint density at radius 3 is 2.47 bits per heavy atom. The molecule has 1 amide bonds. The molecule has 0 radical (unpaired) electrons. The number of benzene rings is 1. The summed E-state index contributed by atoms with van der Waals surface area (Å²) in [5, 5.41) is 12.0. The number of nitrogens with one attached hydrogen (secondary N) is 2. The van der Waals surface area contributed by atoms with Crippen LogP contribution in [0, 0.1) is 6.92 Å². The van der Waals surface area contributed by atoms with Crippen LogP contribution in [0.1, 0.15) is 41.9 Å². The number of aromatic nitrogens is 4. The zero-order chi connectivity index (χ0) is 21.3. The van der Waals surface area contributed by atoms with Crippen LogP contribution >= 0.6 is 0 Å². The number of hydrogen-bond acceptors (Lipinski definition) is 6. The van der Waals surface area contributed by atoms with Crippen LogP contribution < -0.4 is 15.5 Å². The summed E-state index contributed by atoms with van der Waals surface area (Å²) in [5.41, 5.74) is 2.39. The van der Waals surface area contributed by atoms with Crippen LogP contribution in [0.15, 0.2) is 30.3 Å². The number of carbonyl (C=O) groups excluding carboxylic acids is 1. The fraction of sp³-hybridized carbons (Fsp3) is 0.455. The second kappa shape index (κ2) is 8.30. The molecule has 0 aliphatic heterocycles. The summed E-state index contributed by atoms with van der Waals surface area (Å²) in [6.45, 7) is 1.89. The molecule has 2 aromatic heterocycles. The second-order valence-electron chi connectivity index (χ2n) is 8.24. The summed E-state index contributed by atoms with van der Waals surface area (Å²) < 4.78 is 1.64. The number of fused-ring (bicyclic) bond motifs is 1. The van der Waals surface area contributed by atoms with Gasteiger partial charge in [0.15, 0.2) is 0 Å². The van der Waals surface area contributed by atoms with E-state index in [0.29, 0.717) is 17.7 Å². The topological polar surface area (TPSA) is 88.0 Å². The van der Waals surface area contributed by atoms with Gasteiger partial charge in [-0.05, 0) is 50.8 Å². The molecule has 3 aromatic rings. The largest absolute Gasteiger partial charge is 0.362 e. The van der Waals surface area contributed by atoms with Crippen molar-refractivity contribution < 1.29 is 4.79 Å². The molecule has 1 aliphatic rings. The Kier molecular flexibility index (Phi) is 5.57. The Labute approximate surface area is 176 Å². The Morgan fingerprint density at radius 1 is 1.10 bits per heavy atom. The SMILES string of the molecule is Cc1cc(C(=O)NC2CCC(Nc3nc(N(C)C)c4ccccc4n3)CC2)n(C)n1. The van der Waals surface area contributed by atoms with E-state index in [4.69, 9.17) is 9.97 Å². The molecule has 8 nitrogen and oxygen atoms in total. The highest BCUT2D eigenvalue weighted by atomic mass is 16.2. The first kappa shape index (κ1) is 20.1. The molecule has 1 aromatic carbocycles. The third kappa shape index (κ3) is 4.22. The van der Waals surface area contributed by atoms with E-state index in [-0.39, 0.29) is 11.9 Å². The lowest BCUT2D eigenvalue weighted by atomic mass is 9.91. The number of hydrogen-bond donors (Lipinski definition) is 2. The van der Waals surface area contributed by atoms with Crippen LogP contribution in [0.25, 0.3) is 10.9 Å². The number of aryl methyl sites for hydroxylation is 2. The minimum atomic E-state index is -0.0528. The van der Waals surface area contributed by atoms with Crippen LogP contribution in [-0.4, -0.2) is 51.8 Å². The molecule has 1 saturated carbocycles. The second-order valence-corrected chi connectivity index (χ2v) is 8.24. The zero-order valence-electron chi connectivity index (χ0n) is 18.0. The van der Waals surface area contributed by atoms with Gasteiger partial charge < -0.3 is 15.5 Å². The van der Waals surface area contributed by atoms with Crippen LogP contribution in [0.2, 0.25) is 0 Å². The molecule has 2 heterocycles. The number of rotatable bonds is 5. The van der Waals surface area contributed by atoms with Gasteiger partial charge in [-0.2, -0.15) is 10.1 Å². The fourth-order valence-electron chi connectivity index (χ4n) is 4.11. The van der Waals surface area contributed by atoms with Gasteiger partial charge in [-0.1, -0.05) is 12.1 Å². The van der Waals surface area contributed by atoms with Crippen LogP contribution in [0.5, 0.6) is 0 Å². The van der Waals surface area contributed by atoms with Crippen molar-refractivity contribution in [1.29, 1.82) is 0 Å². The third-order valence-corrected chi connectivity index (χ3v) is 5.64. The summed E-state index contributed by atoms with van der Waals surface area (Å²) in [6.07, 6.45) is 3.77. The standard InChI is InChI=1S/C22H29N7O/c1-14-13-19(29(4)27-14)21(30)23-15-9-11-16(12-10-15)24-22-25-18-8-6-5-7-17(18)20(26-22)28(2)3/h5-8,13,15-16H,9-12H2,1-4H3,(H,23,30)(H,24,25,26). The highest BCUT2D eigenvalue weighted by Gasteiger charge is 2.24. The smallest absolute Gasteiger partial charge is 0.269 e. The van der Waals surface area contributed by atoms with E-state index in [1.54, 1.807) is 11.7 Å². The van der Waals surface area contributed by atoms with E-state index >= 15 is 0 Å². The van der Waals surface area contributed by atoms with Crippen molar-refractivity contribution in [3.8, 4) is 0 Å². The van der Waals surface area contributed by atoms with Crippen molar-refractivity contribution in [3.05, 3.63) is 41.7 Å². The molecule has 4 rings (SSSR count). The molecule has 0 spiro atoms. The molecule has 1 aliphatic carbocycles. The first-order chi connectivity index (χ1) is 14.4. The van der Waals surface area contributed by atoms with Gasteiger partial charge in [0.05, 0.1) is 11.2 Å². The fourth-order valence-corrected chi connectivity index (χ4v) is 4.11. The molecule has 30 heavy (non-hydrogen) atoms. The molecule has 2 N–H and O–H groups in total. The highest BCUT2D eigenvalue weighted by Crippen LogP contribution is 2.26. The van der Waals surface area contributed by atoms with Gasteiger partial charge in [0, 0.05) is 38.6 Å². The summed E-state index contributed by atoms with van der Waals surface area (Å²) in [4.78, 5) is 24.0. The van der Waals surface area contributed by atoms with Crippen molar-refractivity contribution in [1.82, 2.24) is 25.1 Å². The van der Waals surface area contributed by atoms with Crippen molar-refractivity contribution in [2.24, 2.45) is 7.05 Å². The number of carbonyl (C=O) groups is 1. The van der Waals surface area contributed by atoms with Gasteiger partial charge >= 0.3 is 0 Å². The predicted octanol–water partition coefficient (Wildman–Crippen LogP) is 2.89. The van der Waals surface area contributed by atoms with Crippen LogP contribution in [0.4, 0.5) is 11.8 Å². The molecular weight excluding hydrogens is 378 g/mol. The molecule has 1 fully saturated rings. The molecular formula is C22H29N7O. The van der Waals surface area contributed by atoms with Gasteiger partial charge in [-0.25, -0.2) is 4.98 Å². The predicted molar refractivity (Wildman–Crippen MR) is 119 cm³/mol. The third-order valence-electron chi connectivity index (χ3n) is 5.64. The summed E-state index contributed by atoms with van der Waals surface area (Å²) in [7, 11) is 5.79. The number of anilines is 2. The van der Waals surface area contributed by atoms with Crippen LogP contribution in [0.3, 0.4) is 0 Å². The molecule has 0 unspecified atom stereocenters.